The van der Waals surface area contributed by atoms with Crippen LogP contribution in [-0.4, -0.2) is 22.7 Å². The van der Waals surface area contributed by atoms with E-state index in [1.165, 1.54) is 32.1 Å². The van der Waals surface area contributed by atoms with Crippen molar-refractivity contribution in [2.24, 2.45) is 23.7 Å². The predicted octanol–water partition coefficient (Wildman–Crippen LogP) is 1.82. The Kier molecular flexibility index (Phi) is 2.59. The molecule has 4 bridgehead atoms. The number of anilines is 1. The van der Waals surface area contributed by atoms with Crippen molar-refractivity contribution >= 4 is 11.7 Å². The van der Waals surface area contributed by atoms with Gasteiger partial charge in [0.15, 0.2) is 0 Å². The van der Waals surface area contributed by atoms with Crippen LogP contribution >= 0.6 is 0 Å². The first-order valence-electron chi connectivity index (χ1n) is 7.72. The van der Waals surface area contributed by atoms with Gasteiger partial charge in [0.05, 0.1) is 12.2 Å². The average Bonchev–Trinajstić information content (AvgIpc) is 2.79. The Labute approximate surface area is 118 Å². The van der Waals surface area contributed by atoms with Gasteiger partial charge in [0.2, 0.25) is 0 Å². The van der Waals surface area contributed by atoms with E-state index in [1.54, 1.807) is 13.2 Å². The Balaban J connectivity index is 1.68. The molecular weight excluding hydrogens is 252 g/mol. The van der Waals surface area contributed by atoms with Gasteiger partial charge in [0, 0.05) is 7.05 Å². The summed E-state index contributed by atoms with van der Waals surface area (Å²) in [5, 5.41) is 7.09. The highest BCUT2D eigenvalue weighted by atomic mass is 16.1. The van der Waals surface area contributed by atoms with Crippen LogP contribution in [0.4, 0.5) is 5.82 Å². The molecule has 0 radical (unpaired) electrons. The third-order valence-corrected chi connectivity index (χ3v) is 5.77. The number of rotatable bonds is 2. The summed E-state index contributed by atoms with van der Waals surface area (Å²) in [6.45, 7) is 0. The number of carbonyl (C=O) groups is 1. The maximum absolute atomic E-state index is 11.8. The van der Waals surface area contributed by atoms with Gasteiger partial charge in [0.1, 0.15) is 11.4 Å². The summed E-state index contributed by atoms with van der Waals surface area (Å²) in [6, 6.07) is 0.418. The summed E-state index contributed by atoms with van der Waals surface area (Å²) in [5.41, 5.74) is 6.71. The fraction of sp³-hybridized carbons (Fsp3) is 0.733. The first kappa shape index (κ1) is 12.2. The van der Waals surface area contributed by atoms with Crippen molar-refractivity contribution in [2.45, 2.75) is 38.1 Å². The second-order valence-electron chi connectivity index (χ2n) is 6.89. The van der Waals surface area contributed by atoms with Crippen molar-refractivity contribution in [1.82, 2.24) is 15.1 Å². The minimum absolute atomic E-state index is 0.141. The number of nitrogen functional groups attached to an aromatic ring is 1. The van der Waals surface area contributed by atoms with Crippen molar-refractivity contribution in [3.05, 3.63) is 11.8 Å². The van der Waals surface area contributed by atoms with Crippen LogP contribution in [0, 0.1) is 23.7 Å². The quantitative estimate of drug-likeness (QED) is 0.864. The molecule has 4 aliphatic carbocycles. The molecule has 1 aromatic heterocycles. The van der Waals surface area contributed by atoms with E-state index in [1.807, 2.05) is 4.68 Å². The number of amides is 1. The largest absolute Gasteiger partial charge is 0.383 e. The van der Waals surface area contributed by atoms with Crippen molar-refractivity contribution < 1.29 is 4.79 Å². The SMILES string of the molecule is CNC(=O)c1cnn(C2C3CC4CC(C3)CC2C4)c1N. The number of nitrogens with two attached hydrogens (primary N) is 1. The molecule has 3 N–H and O–H groups in total. The van der Waals surface area contributed by atoms with Crippen molar-refractivity contribution in [1.29, 1.82) is 0 Å². The van der Waals surface area contributed by atoms with Crippen LogP contribution in [0.5, 0.6) is 0 Å². The third-order valence-electron chi connectivity index (χ3n) is 5.77. The Bertz CT molecular complexity index is 522. The highest BCUT2D eigenvalue weighted by Crippen LogP contribution is 2.58. The fourth-order valence-electron chi connectivity index (χ4n) is 5.21. The highest BCUT2D eigenvalue weighted by Gasteiger charge is 2.49. The van der Waals surface area contributed by atoms with Crippen LogP contribution in [0.15, 0.2) is 6.20 Å². The van der Waals surface area contributed by atoms with Crippen molar-refractivity contribution in [3.63, 3.8) is 0 Å². The molecule has 0 aromatic carbocycles. The lowest BCUT2D eigenvalue weighted by Crippen LogP contribution is -2.46. The molecule has 5 rings (SSSR count). The Morgan fingerprint density at radius 1 is 1.25 bits per heavy atom. The van der Waals surface area contributed by atoms with E-state index in [9.17, 15) is 4.79 Å². The molecule has 0 aliphatic heterocycles. The van der Waals surface area contributed by atoms with Gasteiger partial charge in [0.25, 0.3) is 5.91 Å². The molecule has 1 heterocycles. The molecule has 1 aromatic rings. The zero-order valence-electron chi connectivity index (χ0n) is 11.9. The second-order valence-corrected chi connectivity index (χ2v) is 6.89. The lowest BCUT2D eigenvalue weighted by molar-refractivity contribution is -0.0327. The summed E-state index contributed by atoms with van der Waals surface area (Å²) in [5.74, 6) is 3.70. The second kappa shape index (κ2) is 4.24. The smallest absolute Gasteiger partial charge is 0.256 e. The maximum Gasteiger partial charge on any atom is 0.256 e. The number of hydrogen-bond acceptors (Lipinski definition) is 3. The number of hydrogen-bond donors (Lipinski definition) is 2. The van der Waals surface area contributed by atoms with Gasteiger partial charge in [-0.05, 0) is 55.8 Å². The standard InChI is InChI=1S/C15H22N4O/c1-17-15(20)12-7-18-19(14(12)16)13-10-3-8-2-9(5-10)6-11(13)4-8/h7-11,13H,2-6,16H2,1H3,(H,17,20). The van der Waals surface area contributed by atoms with E-state index in [-0.39, 0.29) is 5.91 Å². The van der Waals surface area contributed by atoms with E-state index in [2.05, 4.69) is 10.4 Å². The lowest BCUT2D eigenvalue weighted by atomic mass is 9.54. The van der Waals surface area contributed by atoms with Gasteiger partial charge in [-0.2, -0.15) is 5.10 Å². The van der Waals surface area contributed by atoms with Crippen LogP contribution < -0.4 is 11.1 Å². The van der Waals surface area contributed by atoms with Crippen molar-refractivity contribution in [2.75, 3.05) is 12.8 Å². The van der Waals surface area contributed by atoms with E-state index in [0.717, 1.165) is 11.8 Å². The Hall–Kier alpha value is -1.52. The summed E-state index contributed by atoms with van der Waals surface area (Å²) in [6.07, 6.45) is 8.37. The van der Waals surface area contributed by atoms with Crippen LogP contribution in [0.25, 0.3) is 0 Å². The molecule has 1 amide bonds. The molecule has 4 saturated carbocycles. The monoisotopic (exact) mass is 274 g/mol. The van der Waals surface area contributed by atoms with Crippen LogP contribution in [0.1, 0.15) is 48.5 Å². The number of aromatic nitrogens is 2. The average molecular weight is 274 g/mol. The van der Waals surface area contributed by atoms with E-state index >= 15 is 0 Å². The lowest BCUT2D eigenvalue weighted by Gasteiger charge is -2.54. The first-order chi connectivity index (χ1) is 9.67. The molecular formula is C15H22N4O. The predicted molar refractivity (Wildman–Crippen MR) is 76.1 cm³/mol. The molecule has 4 fully saturated rings. The zero-order chi connectivity index (χ0) is 13.9. The topological polar surface area (TPSA) is 72.9 Å². The minimum Gasteiger partial charge on any atom is -0.383 e. The normalized spacial score (nSPS) is 38.1. The highest BCUT2D eigenvalue weighted by molar-refractivity contribution is 5.98. The summed E-state index contributed by atoms with van der Waals surface area (Å²) >= 11 is 0. The number of nitrogens with one attached hydrogen (secondary N) is 1. The molecule has 20 heavy (non-hydrogen) atoms. The molecule has 5 heteroatoms. The Morgan fingerprint density at radius 3 is 2.40 bits per heavy atom. The van der Waals surface area contributed by atoms with Crippen LogP contribution in [0.2, 0.25) is 0 Å². The van der Waals surface area contributed by atoms with Gasteiger partial charge in [-0.1, -0.05) is 0 Å². The van der Waals surface area contributed by atoms with Gasteiger partial charge in [-0.25, -0.2) is 4.68 Å². The van der Waals surface area contributed by atoms with E-state index in [4.69, 9.17) is 5.73 Å². The van der Waals surface area contributed by atoms with E-state index in [0.29, 0.717) is 29.3 Å². The van der Waals surface area contributed by atoms with Crippen LogP contribution in [-0.2, 0) is 0 Å². The zero-order valence-corrected chi connectivity index (χ0v) is 11.9. The molecule has 5 nitrogen and oxygen atoms in total. The number of nitrogens with zero attached hydrogens (tertiary/aromatic N) is 2. The molecule has 0 atom stereocenters. The molecule has 4 aliphatic rings. The van der Waals surface area contributed by atoms with Gasteiger partial charge in [-0.3, -0.25) is 4.79 Å². The minimum atomic E-state index is -0.141. The fourth-order valence-corrected chi connectivity index (χ4v) is 5.21. The summed E-state index contributed by atoms with van der Waals surface area (Å²) in [4.78, 5) is 11.8. The molecule has 0 unspecified atom stereocenters. The Morgan fingerprint density at radius 2 is 1.85 bits per heavy atom. The van der Waals surface area contributed by atoms with Crippen molar-refractivity contribution in [3.8, 4) is 0 Å². The van der Waals surface area contributed by atoms with Crippen LogP contribution in [0.3, 0.4) is 0 Å². The summed E-state index contributed by atoms with van der Waals surface area (Å²) < 4.78 is 1.96. The third kappa shape index (κ3) is 1.61. The van der Waals surface area contributed by atoms with Gasteiger partial charge in [-0.15, -0.1) is 0 Å². The maximum atomic E-state index is 11.8. The molecule has 0 spiro atoms. The molecule has 0 saturated heterocycles. The number of carbonyl (C=O) groups excluding carboxylic acids is 1. The van der Waals surface area contributed by atoms with Gasteiger partial charge < -0.3 is 11.1 Å². The summed E-state index contributed by atoms with van der Waals surface area (Å²) in [7, 11) is 1.63. The van der Waals surface area contributed by atoms with E-state index < -0.39 is 0 Å². The molecule has 108 valence electrons. The first-order valence-corrected chi connectivity index (χ1v) is 7.72. The van der Waals surface area contributed by atoms with Gasteiger partial charge >= 0.3 is 0 Å².